The normalized spacial score (nSPS) is 19.2. The van der Waals surface area contributed by atoms with E-state index < -0.39 is 13.5 Å². The topological polar surface area (TPSA) is 0 Å². The summed E-state index contributed by atoms with van der Waals surface area (Å²) in [6.07, 6.45) is 2.25. The van der Waals surface area contributed by atoms with E-state index in [0.29, 0.717) is 0 Å². The Morgan fingerprint density at radius 1 is 0.731 bits per heavy atom. The summed E-state index contributed by atoms with van der Waals surface area (Å²) in [4.78, 5) is 0. The molecule has 0 spiro atoms. The number of hydrogen-bond acceptors (Lipinski definition) is 0. The molecule has 1 atom stereocenters. The third kappa shape index (κ3) is 2.43. The standard InChI is InChI=1S/C10H9.2C6H5.2ClH.H2Si.Zr/c1-8-6-9-4-2-3-5-10(9)7-8;2*1-2-4-6-5-3-1;;;;/h2-7H,1H3;2*1-5H;2*1H;1H2;/q;;;;;;+2/p-2. The zero-order valence-electron chi connectivity index (χ0n) is 14.7. The van der Waals surface area contributed by atoms with Crippen LogP contribution in [0.25, 0.3) is 6.08 Å². The molecule has 26 heavy (non-hydrogen) atoms. The third-order valence-corrected chi connectivity index (χ3v) is 35.1. The number of fused-ring (bicyclic) bond motifs is 1. The van der Waals surface area contributed by atoms with E-state index >= 15 is 0 Å². The molecule has 3 aromatic rings. The molecule has 0 aliphatic heterocycles. The predicted octanol–water partition coefficient (Wildman–Crippen LogP) is 4.88. The minimum atomic E-state index is -5.25. The van der Waals surface area contributed by atoms with Crippen molar-refractivity contribution in [2.75, 3.05) is 0 Å². The molecule has 0 heterocycles. The average Bonchev–Trinajstić information content (AvgIpc) is 3.00. The Bertz CT molecular complexity index is 1060. The van der Waals surface area contributed by atoms with Gasteiger partial charge in [0.2, 0.25) is 0 Å². The van der Waals surface area contributed by atoms with Gasteiger partial charge in [0.25, 0.3) is 0 Å². The first-order valence-electron chi connectivity index (χ1n) is 8.82. The van der Waals surface area contributed by atoms with E-state index in [1.807, 2.05) is 43.3 Å². The molecular formula is C22H21Cl2SiZr. The molecule has 0 aromatic heterocycles. The van der Waals surface area contributed by atoms with Crippen LogP contribution in [0.5, 0.6) is 0 Å². The van der Waals surface area contributed by atoms with Gasteiger partial charge in [0.1, 0.15) is 0 Å². The second kappa shape index (κ2) is 5.79. The maximum absolute atomic E-state index is 7.97. The summed E-state index contributed by atoms with van der Waals surface area (Å²) in [5.41, 5.74) is 3.72. The van der Waals surface area contributed by atoms with Crippen molar-refractivity contribution >= 4 is 36.5 Å². The van der Waals surface area contributed by atoms with Crippen molar-refractivity contribution in [3.05, 3.63) is 102 Å². The summed E-state index contributed by atoms with van der Waals surface area (Å²) >= 11 is -5.25. The van der Waals surface area contributed by atoms with Crippen LogP contribution in [0.1, 0.15) is 21.7 Å². The Kier molecular flexibility index (Phi) is 4.11. The van der Waals surface area contributed by atoms with Gasteiger partial charge in [-0.05, 0) is 0 Å². The van der Waals surface area contributed by atoms with Gasteiger partial charge in [-0.3, -0.25) is 0 Å². The van der Waals surface area contributed by atoms with Crippen LogP contribution in [0.15, 0.2) is 90.5 Å². The molecule has 0 N–H and O–H groups in total. The zero-order chi connectivity index (χ0) is 18.5. The van der Waals surface area contributed by atoms with Crippen LogP contribution in [0.3, 0.4) is 0 Å². The van der Waals surface area contributed by atoms with Gasteiger partial charge in [-0.2, -0.15) is 0 Å². The van der Waals surface area contributed by atoms with E-state index in [0.717, 1.165) is 6.54 Å². The van der Waals surface area contributed by atoms with Gasteiger partial charge in [-0.1, -0.05) is 0 Å². The van der Waals surface area contributed by atoms with Crippen LogP contribution in [0.2, 0.25) is 0 Å². The monoisotopic (exact) mass is 473 g/mol. The molecule has 4 rings (SSSR count). The summed E-state index contributed by atoms with van der Waals surface area (Å²) in [6, 6.07) is 29.2. The summed E-state index contributed by atoms with van der Waals surface area (Å²) < 4.78 is 2.16. The molecule has 4 heteroatoms. The first-order chi connectivity index (χ1) is 12.3. The molecule has 0 bridgehead atoms. The van der Waals surface area contributed by atoms with Crippen LogP contribution >= 0.6 is 17.0 Å². The first-order valence-corrected chi connectivity index (χ1v) is 25.0. The molecule has 0 amide bonds. The van der Waals surface area contributed by atoms with Gasteiger partial charge in [-0.15, -0.1) is 0 Å². The van der Waals surface area contributed by atoms with Crippen LogP contribution in [0.4, 0.5) is 0 Å². The summed E-state index contributed by atoms with van der Waals surface area (Å²) in [7, 11) is 15.9. The summed E-state index contributed by atoms with van der Waals surface area (Å²) in [5.74, 6) is 0. The van der Waals surface area contributed by atoms with Crippen LogP contribution in [-0.4, -0.2) is 6.88 Å². The summed E-state index contributed by atoms with van der Waals surface area (Å²) in [6.45, 7) is 4.04. The minimum absolute atomic E-state index is 0.00105. The third-order valence-electron chi connectivity index (χ3n) is 5.87. The van der Waals surface area contributed by atoms with Crippen molar-refractivity contribution in [3.8, 4) is 0 Å². The van der Waals surface area contributed by atoms with Crippen LogP contribution in [0, 0.1) is 0 Å². The van der Waals surface area contributed by atoms with Crippen molar-refractivity contribution in [1.82, 2.24) is 0 Å². The van der Waals surface area contributed by atoms with Gasteiger partial charge < -0.3 is 0 Å². The molecule has 1 unspecified atom stereocenters. The van der Waals surface area contributed by atoms with E-state index in [2.05, 4.69) is 61.5 Å². The molecule has 131 valence electrons. The predicted molar refractivity (Wildman–Crippen MR) is 115 cm³/mol. The van der Waals surface area contributed by atoms with Gasteiger partial charge in [0.15, 0.2) is 0 Å². The fourth-order valence-electron chi connectivity index (χ4n) is 4.65. The Balaban J connectivity index is 2.17. The van der Waals surface area contributed by atoms with E-state index in [4.69, 9.17) is 17.0 Å². The molecule has 0 radical (unpaired) electrons. The van der Waals surface area contributed by atoms with E-state index in [9.17, 15) is 0 Å². The van der Waals surface area contributed by atoms with Gasteiger partial charge in [0, 0.05) is 0 Å². The average molecular weight is 476 g/mol. The number of allylic oxidation sites excluding steroid dienone is 1. The Morgan fingerprint density at radius 2 is 1.19 bits per heavy atom. The van der Waals surface area contributed by atoms with Gasteiger partial charge in [-0.25, -0.2) is 0 Å². The fourth-order valence-corrected chi connectivity index (χ4v) is 30.1. The fraction of sp³-hybridized carbons (Fsp3) is 0.0909. The maximum atomic E-state index is 7.97. The second-order valence-electron chi connectivity index (χ2n) is 7.59. The molecule has 0 saturated heterocycles. The van der Waals surface area contributed by atoms with Crippen molar-refractivity contribution in [2.45, 2.75) is 10.5 Å². The van der Waals surface area contributed by atoms with E-state index in [-0.39, 0.29) is 3.63 Å². The summed E-state index contributed by atoms with van der Waals surface area (Å²) in [5, 5.41) is 0. The van der Waals surface area contributed by atoms with Crippen LogP contribution in [-0.2, 0) is 13.5 Å². The van der Waals surface area contributed by atoms with Crippen LogP contribution < -0.4 is 6.54 Å². The van der Waals surface area contributed by atoms with E-state index in [1.54, 1.807) is 0 Å². The number of rotatable bonds is 3. The van der Waals surface area contributed by atoms with Gasteiger partial charge >= 0.3 is 162 Å². The van der Waals surface area contributed by atoms with Gasteiger partial charge in [0.05, 0.1) is 0 Å². The van der Waals surface area contributed by atoms with E-state index in [1.165, 1.54) is 16.7 Å². The number of halogens is 2. The molecule has 1 aliphatic rings. The van der Waals surface area contributed by atoms with Crippen molar-refractivity contribution < 1.29 is 13.5 Å². The quantitative estimate of drug-likeness (QED) is 0.474. The second-order valence-corrected chi connectivity index (χ2v) is 50.9. The molecule has 0 fully saturated rings. The van der Waals surface area contributed by atoms with Crippen molar-refractivity contribution in [1.29, 1.82) is 0 Å². The Morgan fingerprint density at radius 3 is 1.73 bits per heavy atom. The Labute approximate surface area is 161 Å². The number of benzene rings is 3. The molecule has 3 aromatic carbocycles. The molecule has 1 aliphatic carbocycles. The van der Waals surface area contributed by atoms with Crippen molar-refractivity contribution in [2.24, 2.45) is 0 Å². The Hall–Kier alpha value is -0.920. The zero-order valence-corrected chi connectivity index (χ0v) is 20.1. The van der Waals surface area contributed by atoms with Crippen molar-refractivity contribution in [3.63, 3.8) is 0 Å². The molecule has 0 nitrogen and oxygen atoms in total. The SMILES string of the molecule is CC1=Cc2ccccc2[CH]1[Zr](=[SiH2])([Cl])([Cl])([c]1ccccc1)[c]1ccccc1. The molecular weight excluding hydrogens is 454 g/mol. The molecule has 0 saturated carbocycles. The first kappa shape index (κ1) is 18.4. The number of hydrogen-bond donors (Lipinski definition) is 0.